The fourth-order valence-electron chi connectivity index (χ4n) is 2.64. The molecular formula is C22H22N2O5. The molecule has 0 saturated heterocycles. The number of nitriles is 1. The number of esters is 1. The summed E-state index contributed by atoms with van der Waals surface area (Å²) in [5, 5.41) is 12.3. The van der Waals surface area contributed by atoms with Crippen LogP contribution in [0.3, 0.4) is 0 Å². The van der Waals surface area contributed by atoms with Gasteiger partial charge >= 0.3 is 5.97 Å². The van der Waals surface area contributed by atoms with Crippen LogP contribution in [0.25, 0.3) is 6.08 Å². The molecule has 29 heavy (non-hydrogen) atoms. The van der Waals surface area contributed by atoms with Gasteiger partial charge in [-0.1, -0.05) is 30.3 Å². The van der Waals surface area contributed by atoms with Crippen LogP contribution in [-0.2, 0) is 9.59 Å². The van der Waals surface area contributed by atoms with E-state index in [0.29, 0.717) is 5.56 Å². The lowest BCUT2D eigenvalue weighted by Crippen LogP contribution is -2.27. The first-order chi connectivity index (χ1) is 13.9. The van der Waals surface area contributed by atoms with E-state index in [1.54, 1.807) is 12.1 Å². The van der Waals surface area contributed by atoms with E-state index in [-0.39, 0.29) is 28.9 Å². The molecule has 0 bridgehead atoms. The van der Waals surface area contributed by atoms with Crippen molar-refractivity contribution in [1.29, 1.82) is 5.26 Å². The maximum Gasteiger partial charge on any atom is 0.308 e. The van der Waals surface area contributed by atoms with Crippen LogP contribution in [0.1, 0.15) is 31.0 Å². The molecule has 2 rings (SSSR count). The third-order valence-electron chi connectivity index (χ3n) is 4.05. The molecule has 0 fully saturated rings. The SMILES string of the molecule is COc1cc(C=C(C#N)C(=O)NC(C)c2ccccc2)cc(OC)c1OC(C)=O. The summed E-state index contributed by atoms with van der Waals surface area (Å²) >= 11 is 0. The van der Waals surface area contributed by atoms with Crippen molar-refractivity contribution >= 4 is 18.0 Å². The summed E-state index contributed by atoms with van der Waals surface area (Å²) in [6.45, 7) is 3.10. The zero-order chi connectivity index (χ0) is 21.4. The van der Waals surface area contributed by atoms with Gasteiger partial charge in [0.1, 0.15) is 11.6 Å². The quantitative estimate of drug-likeness (QED) is 0.334. The number of hydrogen-bond donors (Lipinski definition) is 1. The number of carbonyl (C=O) groups excluding carboxylic acids is 2. The molecule has 0 saturated carbocycles. The third kappa shape index (κ3) is 5.59. The fraction of sp³-hybridized carbons (Fsp3) is 0.227. The van der Waals surface area contributed by atoms with Crippen molar-refractivity contribution in [3.63, 3.8) is 0 Å². The zero-order valence-electron chi connectivity index (χ0n) is 16.7. The lowest BCUT2D eigenvalue weighted by molar-refractivity contribution is -0.132. The van der Waals surface area contributed by atoms with Crippen LogP contribution >= 0.6 is 0 Å². The summed E-state index contributed by atoms with van der Waals surface area (Å²) in [5.41, 5.74) is 1.32. The molecule has 1 atom stereocenters. The van der Waals surface area contributed by atoms with Gasteiger partial charge in [0, 0.05) is 6.92 Å². The highest BCUT2D eigenvalue weighted by Gasteiger charge is 2.18. The molecule has 150 valence electrons. The second-order valence-electron chi connectivity index (χ2n) is 6.12. The van der Waals surface area contributed by atoms with Crippen LogP contribution in [0.2, 0.25) is 0 Å². The minimum Gasteiger partial charge on any atom is -0.493 e. The van der Waals surface area contributed by atoms with Gasteiger partial charge in [-0.15, -0.1) is 0 Å². The van der Waals surface area contributed by atoms with E-state index < -0.39 is 11.9 Å². The first kappa shape index (κ1) is 21.5. The van der Waals surface area contributed by atoms with Crippen LogP contribution in [0.5, 0.6) is 17.2 Å². The van der Waals surface area contributed by atoms with Gasteiger partial charge in [-0.25, -0.2) is 0 Å². The van der Waals surface area contributed by atoms with Crippen molar-refractivity contribution in [1.82, 2.24) is 5.32 Å². The molecule has 0 spiro atoms. The van der Waals surface area contributed by atoms with Crippen molar-refractivity contribution in [2.24, 2.45) is 0 Å². The molecule has 0 aliphatic rings. The lowest BCUT2D eigenvalue weighted by Gasteiger charge is -2.15. The predicted molar refractivity (Wildman–Crippen MR) is 107 cm³/mol. The van der Waals surface area contributed by atoms with E-state index in [9.17, 15) is 14.9 Å². The van der Waals surface area contributed by atoms with Crippen molar-refractivity contribution in [3.05, 3.63) is 59.2 Å². The average molecular weight is 394 g/mol. The van der Waals surface area contributed by atoms with Crippen LogP contribution in [0.4, 0.5) is 0 Å². The molecule has 1 amide bonds. The van der Waals surface area contributed by atoms with E-state index in [1.165, 1.54) is 27.2 Å². The monoisotopic (exact) mass is 394 g/mol. The molecule has 2 aromatic carbocycles. The van der Waals surface area contributed by atoms with Crippen molar-refractivity contribution in [3.8, 4) is 23.3 Å². The van der Waals surface area contributed by atoms with Gasteiger partial charge < -0.3 is 19.5 Å². The number of hydrogen-bond acceptors (Lipinski definition) is 6. The highest BCUT2D eigenvalue weighted by Crippen LogP contribution is 2.39. The standard InChI is InChI=1S/C22H22N2O5/c1-14(17-8-6-5-7-9-17)24-22(26)18(13-23)10-16-11-19(27-3)21(29-15(2)25)20(12-16)28-4/h5-12,14H,1-4H3,(H,24,26). The summed E-state index contributed by atoms with van der Waals surface area (Å²) in [6, 6.07) is 14.2. The Hall–Kier alpha value is -3.79. The Morgan fingerprint density at radius 1 is 1.10 bits per heavy atom. The van der Waals surface area contributed by atoms with E-state index in [2.05, 4.69) is 5.32 Å². The van der Waals surface area contributed by atoms with Gasteiger partial charge in [0.05, 0.1) is 20.3 Å². The molecule has 0 aromatic heterocycles. The maximum atomic E-state index is 12.5. The number of nitrogens with zero attached hydrogens (tertiary/aromatic N) is 1. The Kier molecular flexibility index (Phi) is 7.38. The number of rotatable bonds is 7. The van der Waals surface area contributed by atoms with Crippen molar-refractivity contribution in [2.45, 2.75) is 19.9 Å². The Labute approximate surface area is 169 Å². The minimum atomic E-state index is -0.531. The Morgan fingerprint density at radius 2 is 1.69 bits per heavy atom. The summed E-state index contributed by atoms with van der Waals surface area (Å²) in [6.07, 6.45) is 1.41. The zero-order valence-corrected chi connectivity index (χ0v) is 16.7. The molecule has 7 heteroatoms. The van der Waals surface area contributed by atoms with Gasteiger partial charge in [0.15, 0.2) is 11.5 Å². The Bertz CT molecular complexity index is 936. The molecular weight excluding hydrogens is 372 g/mol. The average Bonchev–Trinajstić information content (AvgIpc) is 2.72. The molecule has 0 radical (unpaired) electrons. The number of amides is 1. The first-order valence-electron chi connectivity index (χ1n) is 8.81. The third-order valence-corrected chi connectivity index (χ3v) is 4.05. The predicted octanol–water partition coefficient (Wildman–Crippen LogP) is 3.41. The Balaban J connectivity index is 2.33. The summed E-state index contributed by atoms with van der Waals surface area (Å²) < 4.78 is 15.7. The molecule has 1 unspecified atom stereocenters. The number of carbonyl (C=O) groups is 2. The first-order valence-corrected chi connectivity index (χ1v) is 8.81. The van der Waals surface area contributed by atoms with Crippen LogP contribution in [0.15, 0.2) is 48.0 Å². The molecule has 2 aromatic rings. The van der Waals surface area contributed by atoms with E-state index in [4.69, 9.17) is 14.2 Å². The van der Waals surface area contributed by atoms with E-state index in [1.807, 2.05) is 43.3 Å². The second kappa shape index (κ2) is 9.95. The second-order valence-corrected chi connectivity index (χ2v) is 6.12. The van der Waals surface area contributed by atoms with Gasteiger partial charge in [-0.3, -0.25) is 9.59 Å². The largest absolute Gasteiger partial charge is 0.493 e. The maximum absolute atomic E-state index is 12.5. The smallest absolute Gasteiger partial charge is 0.308 e. The fourth-order valence-corrected chi connectivity index (χ4v) is 2.64. The highest BCUT2D eigenvalue weighted by atomic mass is 16.6. The summed E-state index contributed by atoms with van der Waals surface area (Å²) in [7, 11) is 2.82. The number of methoxy groups -OCH3 is 2. The van der Waals surface area contributed by atoms with Crippen LogP contribution < -0.4 is 19.5 Å². The molecule has 7 nitrogen and oxygen atoms in total. The van der Waals surface area contributed by atoms with E-state index in [0.717, 1.165) is 5.56 Å². The summed E-state index contributed by atoms with van der Waals surface area (Å²) in [5.74, 6) is -0.439. The molecule has 0 aliphatic carbocycles. The number of ether oxygens (including phenoxy) is 3. The Morgan fingerprint density at radius 3 is 2.17 bits per heavy atom. The van der Waals surface area contributed by atoms with Gasteiger partial charge in [-0.2, -0.15) is 5.26 Å². The minimum absolute atomic E-state index is 0.0860. The van der Waals surface area contributed by atoms with Crippen LogP contribution in [0, 0.1) is 11.3 Å². The topological polar surface area (TPSA) is 97.7 Å². The molecule has 1 N–H and O–H groups in total. The highest BCUT2D eigenvalue weighted by molar-refractivity contribution is 6.02. The summed E-state index contributed by atoms with van der Waals surface area (Å²) in [4.78, 5) is 23.9. The van der Waals surface area contributed by atoms with Gasteiger partial charge in [0.25, 0.3) is 5.91 Å². The van der Waals surface area contributed by atoms with Gasteiger partial charge in [0.2, 0.25) is 5.75 Å². The lowest BCUT2D eigenvalue weighted by atomic mass is 10.1. The van der Waals surface area contributed by atoms with Gasteiger partial charge in [-0.05, 0) is 36.3 Å². The van der Waals surface area contributed by atoms with Crippen molar-refractivity contribution < 1.29 is 23.8 Å². The number of benzene rings is 2. The molecule has 0 heterocycles. The number of nitrogens with one attached hydrogen (secondary N) is 1. The van der Waals surface area contributed by atoms with Crippen molar-refractivity contribution in [2.75, 3.05) is 14.2 Å². The van der Waals surface area contributed by atoms with Crippen LogP contribution in [-0.4, -0.2) is 26.1 Å². The molecule has 0 aliphatic heterocycles. The normalized spacial score (nSPS) is 11.8. The van der Waals surface area contributed by atoms with E-state index >= 15 is 0 Å².